The molecule has 0 radical (unpaired) electrons. The maximum atomic E-state index is 12.8. The lowest BCUT2D eigenvalue weighted by Crippen LogP contribution is -2.26. The van der Waals surface area contributed by atoms with E-state index in [4.69, 9.17) is 14.2 Å². The molecule has 2 aliphatic carbocycles. The number of benzene rings is 2. The van der Waals surface area contributed by atoms with Crippen LogP contribution in [0.4, 0.5) is 4.79 Å². The second-order valence-corrected chi connectivity index (χ2v) is 16.9. The molecule has 0 spiro atoms. The van der Waals surface area contributed by atoms with Gasteiger partial charge in [0.15, 0.2) is 0 Å². The van der Waals surface area contributed by atoms with Gasteiger partial charge in [-0.15, -0.1) is 0 Å². The summed E-state index contributed by atoms with van der Waals surface area (Å²) in [5.74, 6) is 0.532. The maximum Gasteiger partial charge on any atom is 0.418 e. The Morgan fingerprint density at radius 2 is 1.25 bits per heavy atom. The SMILES string of the molecule is CCCCOC(=O)c1cc(C2CC2)cnc1Cc1ccc2[nH]ccc2c1.CCCCOC(=O)c1cc(C2CC2)cnc1Cc1ccc2c(ccn2C(=O)OC(C)(C)C)c1. The molecule has 308 valence electrons. The van der Waals surface area contributed by atoms with E-state index in [0.717, 1.165) is 82.9 Å². The molecule has 0 bridgehead atoms. The zero-order valence-corrected chi connectivity index (χ0v) is 35.0. The number of nitrogens with one attached hydrogen (secondary N) is 1. The highest BCUT2D eigenvalue weighted by Crippen LogP contribution is 2.41. The number of esters is 2. The average molecular weight is 797 g/mol. The summed E-state index contributed by atoms with van der Waals surface area (Å²) in [5.41, 5.74) is 8.47. The van der Waals surface area contributed by atoms with Crippen molar-refractivity contribution < 1.29 is 28.6 Å². The van der Waals surface area contributed by atoms with Gasteiger partial charge in [-0.2, -0.15) is 0 Å². The molecule has 2 aliphatic rings. The van der Waals surface area contributed by atoms with Gasteiger partial charge in [0.25, 0.3) is 0 Å². The van der Waals surface area contributed by atoms with Gasteiger partial charge in [-0.05, 0) is 147 Å². The van der Waals surface area contributed by atoms with E-state index in [2.05, 4.69) is 53.1 Å². The van der Waals surface area contributed by atoms with Crippen LogP contribution < -0.4 is 0 Å². The minimum atomic E-state index is -0.561. The Labute approximate surface area is 346 Å². The molecule has 2 saturated carbocycles. The summed E-state index contributed by atoms with van der Waals surface area (Å²) in [6.45, 7) is 10.6. The lowest BCUT2D eigenvalue weighted by atomic mass is 10.0. The first-order valence-corrected chi connectivity index (χ1v) is 21.2. The van der Waals surface area contributed by atoms with Crippen molar-refractivity contribution in [3.05, 3.63) is 130 Å². The van der Waals surface area contributed by atoms with Crippen molar-refractivity contribution in [2.24, 2.45) is 0 Å². The largest absolute Gasteiger partial charge is 0.462 e. The van der Waals surface area contributed by atoms with Crippen molar-refractivity contribution in [1.29, 1.82) is 0 Å². The number of carbonyl (C=O) groups excluding carboxylic acids is 3. The number of hydrogen-bond donors (Lipinski definition) is 1. The molecule has 59 heavy (non-hydrogen) atoms. The van der Waals surface area contributed by atoms with Crippen molar-refractivity contribution >= 4 is 39.8 Å². The number of carbonyl (C=O) groups is 3. The Balaban J connectivity index is 0.000000184. The molecule has 8 rings (SSSR count). The number of unbranched alkanes of at least 4 members (excludes halogenated alkanes) is 2. The fourth-order valence-electron chi connectivity index (χ4n) is 7.08. The molecule has 0 aliphatic heterocycles. The van der Waals surface area contributed by atoms with Crippen LogP contribution in [0.25, 0.3) is 21.8 Å². The molecule has 1 N–H and O–H groups in total. The van der Waals surface area contributed by atoms with Crippen molar-refractivity contribution in [2.75, 3.05) is 13.2 Å². The number of rotatable bonds is 14. The van der Waals surface area contributed by atoms with Gasteiger partial charge in [-0.3, -0.25) is 14.5 Å². The van der Waals surface area contributed by atoms with Crippen LogP contribution in [0.5, 0.6) is 0 Å². The van der Waals surface area contributed by atoms with E-state index in [1.54, 1.807) is 6.20 Å². The topological polar surface area (TPSA) is 125 Å². The molecule has 2 aromatic carbocycles. The molecule has 2 fully saturated rings. The minimum Gasteiger partial charge on any atom is -0.462 e. The second kappa shape index (κ2) is 18.4. The van der Waals surface area contributed by atoms with Crippen LogP contribution in [-0.4, -0.2) is 56.4 Å². The van der Waals surface area contributed by atoms with E-state index in [1.165, 1.54) is 22.8 Å². The van der Waals surface area contributed by atoms with Crippen LogP contribution in [0, 0.1) is 0 Å². The van der Waals surface area contributed by atoms with Crippen LogP contribution in [0.15, 0.2) is 85.5 Å². The Kier molecular flexibility index (Phi) is 12.9. The number of nitrogens with zero attached hydrogens (tertiary/aromatic N) is 3. The number of H-pyrrole nitrogens is 1. The van der Waals surface area contributed by atoms with E-state index >= 15 is 0 Å². The molecule has 0 unspecified atom stereocenters. The van der Waals surface area contributed by atoms with E-state index in [9.17, 15) is 14.4 Å². The van der Waals surface area contributed by atoms with Crippen LogP contribution in [0.3, 0.4) is 0 Å². The van der Waals surface area contributed by atoms with Gasteiger partial charge >= 0.3 is 18.0 Å². The van der Waals surface area contributed by atoms with Gasteiger partial charge < -0.3 is 19.2 Å². The van der Waals surface area contributed by atoms with Crippen molar-refractivity contribution in [1.82, 2.24) is 19.5 Å². The molecule has 0 saturated heterocycles. The van der Waals surface area contributed by atoms with Crippen LogP contribution >= 0.6 is 0 Å². The maximum absolute atomic E-state index is 12.8. The van der Waals surface area contributed by atoms with Gasteiger partial charge in [0.2, 0.25) is 0 Å². The van der Waals surface area contributed by atoms with Crippen LogP contribution in [0.2, 0.25) is 0 Å². The van der Waals surface area contributed by atoms with Crippen LogP contribution in [0.1, 0.15) is 152 Å². The third kappa shape index (κ3) is 10.8. The number of aromatic amines is 1. The molecule has 0 amide bonds. The monoisotopic (exact) mass is 796 g/mol. The Bertz CT molecular complexity index is 2430. The molecular formula is C49H56N4O6. The Morgan fingerprint density at radius 1 is 0.712 bits per heavy atom. The standard InChI is InChI=1S/C27H32N2O4.C22H24N2O2/c1-5-6-13-32-25(30)22-16-21(19-8-9-19)17-28-23(22)15-18-7-10-24-20(14-18)11-12-29(24)26(31)33-27(2,3)4;1-2-3-10-26-22(25)19-13-18(16-5-6-16)14-24-21(19)12-15-4-7-20-17(11-15)8-9-23-20/h7,10-12,14,16-17,19H,5-6,8-9,13,15H2,1-4H3;4,7-9,11,13-14,16,23H,2-3,5-6,10,12H2,1H3. The van der Waals surface area contributed by atoms with Crippen molar-refractivity contribution in [2.45, 2.75) is 116 Å². The van der Waals surface area contributed by atoms with Gasteiger partial charge in [0, 0.05) is 48.5 Å². The minimum absolute atomic E-state index is 0.244. The molecule has 4 heterocycles. The zero-order chi connectivity index (χ0) is 41.5. The summed E-state index contributed by atoms with van der Waals surface area (Å²) in [6.07, 6.45) is 16.6. The summed E-state index contributed by atoms with van der Waals surface area (Å²) >= 11 is 0. The normalized spacial score (nSPS) is 13.8. The molecule has 0 atom stereocenters. The molecular weight excluding hydrogens is 741 g/mol. The van der Waals surface area contributed by atoms with Gasteiger partial charge in [-0.1, -0.05) is 38.8 Å². The Morgan fingerprint density at radius 3 is 1.78 bits per heavy atom. The number of pyridine rings is 2. The summed E-state index contributed by atoms with van der Waals surface area (Å²) < 4.78 is 18.0. The highest BCUT2D eigenvalue weighted by molar-refractivity contribution is 5.92. The summed E-state index contributed by atoms with van der Waals surface area (Å²) in [5, 5.41) is 2.10. The van der Waals surface area contributed by atoms with Gasteiger partial charge in [-0.25, -0.2) is 14.4 Å². The first kappa shape index (κ1) is 41.4. The summed E-state index contributed by atoms with van der Waals surface area (Å²) in [6, 6.07) is 20.1. The molecule has 10 nitrogen and oxygen atoms in total. The molecule has 6 aromatic rings. The van der Waals surface area contributed by atoms with E-state index in [0.29, 0.717) is 54.7 Å². The zero-order valence-electron chi connectivity index (χ0n) is 35.0. The summed E-state index contributed by atoms with van der Waals surface area (Å²) in [4.78, 5) is 50.5. The highest BCUT2D eigenvalue weighted by atomic mass is 16.6. The van der Waals surface area contributed by atoms with Gasteiger partial charge in [0.1, 0.15) is 5.60 Å². The average Bonchev–Trinajstić information content (AvgIpc) is 4.15. The first-order valence-electron chi connectivity index (χ1n) is 21.2. The lowest BCUT2D eigenvalue weighted by Gasteiger charge is -2.19. The van der Waals surface area contributed by atoms with E-state index in [-0.39, 0.29) is 11.9 Å². The molecule has 4 aromatic heterocycles. The lowest BCUT2D eigenvalue weighted by molar-refractivity contribution is 0.0488. The number of hydrogen-bond acceptors (Lipinski definition) is 8. The van der Waals surface area contributed by atoms with E-state index in [1.807, 2.05) is 75.8 Å². The Hall–Kier alpha value is -5.77. The predicted octanol–water partition coefficient (Wildman–Crippen LogP) is 11.2. The molecule has 10 heteroatoms. The number of fused-ring (bicyclic) bond motifs is 2. The third-order valence-electron chi connectivity index (χ3n) is 10.7. The number of aromatic nitrogens is 4. The second-order valence-electron chi connectivity index (χ2n) is 16.9. The predicted molar refractivity (Wildman–Crippen MR) is 230 cm³/mol. The van der Waals surface area contributed by atoms with E-state index < -0.39 is 11.7 Å². The van der Waals surface area contributed by atoms with Crippen LogP contribution in [-0.2, 0) is 27.1 Å². The van der Waals surface area contributed by atoms with Gasteiger partial charge in [0.05, 0.1) is 41.2 Å². The third-order valence-corrected chi connectivity index (χ3v) is 10.7. The summed E-state index contributed by atoms with van der Waals surface area (Å²) in [7, 11) is 0. The first-order chi connectivity index (χ1) is 28.5. The quantitative estimate of drug-likeness (QED) is 0.0656. The number of ether oxygens (including phenoxy) is 3. The fourth-order valence-corrected chi connectivity index (χ4v) is 7.08. The van der Waals surface area contributed by atoms with Crippen molar-refractivity contribution in [3.63, 3.8) is 0 Å². The highest BCUT2D eigenvalue weighted by Gasteiger charge is 2.28. The smallest absolute Gasteiger partial charge is 0.418 e. The fraction of sp³-hybridized carbons (Fsp3) is 0.408. The van der Waals surface area contributed by atoms with Crippen molar-refractivity contribution in [3.8, 4) is 0 Å².